The van der Waals surface area contributed by atoms with Crippen LogP contribution in [0.2, 0.25) is 0 Å². The lowest BCUT2D eigenvalue weighted by Gasteiger charge is -2.30. The Morgan fingerprint density at radius 1 is 1.26 bits per heavy atom. The second-order valence-electron chi connectivity index (χ2n) is 6.15. The van der Waals surface area contributed by atoms with Crippen molar-refractivity contribution in [2.45, 2.75) is 26.4 Å². The van der Waals surface area contributed by atoms with Crippen LogP contribution in [0.15, 0.2) is 29.0 Å². The molecule has 0 bridgehead atoms. The van der Waals surface area contributed by atoms with Crippen LogP contribution in [0.5, 0.6) is 0 Å². The summed E-state index contributed by atoms with van der Waals surface area (Å²) in [6.45, 7) is 3.21. The molecule has 1 aliphatic rings. The number of ether oxygens (including phenoxy) is 2. The highest BCUT2D eigenvalue weighted by Gasteiger charge is 2.28. The topological polar surface area (TPSA) is 108 Å². The first-order valence-electron chi connectivity index (χ1n) is 8.92. The zero-order valence-corrected chi connectivity index (χ0v) is 15.2. The summed E-state index contributed by atoms with van der Waals surface area (Å²) in [4.78, 5) is 33.8. The summed E-state index contributed by atoms with van der Waals surface area (Å²) in [6.07, 6.45) is 4.52. The van der Waals surface area contributed by atoms with Crippen molar-refractivity contribution < 1.29 is 23.6 Å². The van der Waals surface area contributed by atoms with E-state index >= 15 is 0 Å². The van der Waals surface area contributed by atoms with Gasteiger partial charge < -0.3 is 18.9 Å². The van der Waals surface area contributed by atoms with Crippen molar-refractivity contribution in [3.63, 3.8) is 0 Å². The van der Waals surface area contributed by atoms with Gasteiger partial charge in [-0.2, -0.15) is 4.98 Å². The van der Waals surface area contributed by atoms with Crippen LogP contribution in [0.1, 0.15) is 25.7 Å². The van der Waals surface area contributed by atoms with Crippen molar-refractivity contribution in [2.24, 2.45) is 5.92 Å². The number of carbonyl (C=O) groups is 2. The Kier molecular flexibility index (Phi) is 6.48. The summed E-state index contributed by atoms with van der Waals surface area (Å²) in [5.41, 5.74) is 0.792. The van der Waals surface area contributed by atoms with Crippen molar-refractivity contribution in [2.75, 3.05) is 26.3 Å². The van der Waals surface area contributed by atoms with E-state index in [0.29, 0.717) is 44.3 Å². The van der Waals surface area contributed by atoms with Crippen LogP contribution in [0, 0.1) is 5.92 Å². The number of amides is 1. The molecule has 9 heteroatoms. The van der Waals surface area contributed by atoms with Gasteiger partial charge in [0.25, 0.3) is 5.89 Å². The van der Waals surface area contributed by atoms with Crippen molar-refractivity contribution in [1.29, 1.82) is 0 Å². The number of piperidine rings is 1. The molecule has 9 nitrogen and oxygen atoms in total. The highest BCUT2D eigenvalue weighted by molar-refractivity contribution is 5.78. The maximum Gasteiger partial charge on any atom is 0.309 e. The minimum absolute atomic E-state index is 0.0586. The van der Waals surface area contributed by atoms with Gasteiger partial charge in [0.15, 0.2) is 0 Å². The van der Waals surface area contributed by atoms with Gasteiger partial charge in [-0.1, -0.05) is 5.16 Å². The highest BCUT2D eigenvalue weighted by atomic mass is 16.5. The fraction of sp³-hybridized carbons (Fsp3) is 0.500. The summed E-state index contributed by atoms with van der Waals surface area (Å²) in [7, 11) is 0. The number of nitrogens with zero attached hydrogens (tertiary/aromatic N) is 4. The van der Waals surface area contributed by atoms with Crippen LogP contribution in [-0.4, -0.2) is 58.2 Å². The number of esters is 1. The predicted octanol–water partition coefficient (Wildman–Crippen LogP) is 1.45. The van der Waals surface area contributed by atoms with E-state index < -0.39 is 0 Å². The van der Waals surface area contributed by atoms with Crippen molar-refractivity contribution in [3.8, 4) is 11.4 Å². The van der Waals surface area contributed by atoms with Gasteiger partial charge in [0, 0.05) is 31.0 Å². The number of rotatable bonds is 7. The van der Waals surface area contributed by atoms with Crippen molar-refractivity contribution in [3.05, 3.63) is 30.4 Å². The van der Waals surface area contributed by atoms with E-state index in [1.54, 1.807) is 36.4 Å². The normalized spacial score (nSPS) is 14.9. The zero-order valence-electron chi connectivity index (χ0n) is 15.2. The van der Waals surface area contributed by atoms with E-state index in [9.17, 15) is 9.59 Å². The number of hydrogen-bond donors (Lipinski definition) is 0. The molecule has 2 aromatic heterocycles. The molecule has 0 aromatic carbocycles. The van der Waals surface area contributed by atoms with Gasteiger partial charge >= 0.3 is 5.97 Å². The monoisotopic (exact) mass is 374 g/mol. The lowest BCUT2D eigenvalue weighted by atomic mass is 9.97. The van der Waals surface area contributed by atoms with Crippen LogP contribution in [-0.2, 0) is 25.7 Å². The molecule has 1 saturated heterocycles. The first kappa shape index (κ1) is 19.0. The summed E-state index contributed by atoms with van der Waals surface area (Å²) < 4.78 is 15.6. The number of hydrogen-bond acceptors (Lipinski definition) is 8. The van der Waals surface area contributed by atoms with Crippen molar-refractivity contribution in [1.82, 2.24) is 20.0 Å². The Balaban J connectivity index is 1.40. The minimum atomic E-state index is -0.178. The Labute approximate surface area is 156 Å². The Bertz CT molecular complexity index is 756. The number of likely N-dealkylation sites (tertiary alicyclic amines) is 1. The van der Waals surface area contributed by atoms with Crippen LogP contribution < -0.4 is 0 Å². The van der Waals surface area contributed by atoms with Crippen molar-refractivity contribution >= 4 is 11.9 Å². The first-order valence-corrected chi connectivity index (χ1v) is 8.92. The molecule has 0 aliphatic carbocycles. The van der Waals surface area contributed by atoms with E-state index in [2.05, 4.69) is 15.1 Å². The summed E-state index contributed by atoms with van der Waals surface area (Å²) in [5.74, 6) is 0.326. The third kappa shape index (κ3) is 5.10. The zero-order chi connectivity index (χ0) is 19.1. The predicted molar refractivity (Wildman–Crippen MR) is 93.1 cm³/mol. The fourth-order valence-corrected chi connectivity index (χ4v) is 2.87. The SMILES string of the molecule is CCOC(=O)C1CCN(C(=O)COCc2nc(-c3ccncc3)no2)CC1. The second-order valence-corrected chi connectivity index (χ2v) is 6.15. The number of aromatic nitrogens is 3. The third-order valence-electron chi connectivity index (χ3n) is 4.33. The standard InChI is InChI=1S/C18H22N4O5/c1-2-26-18(24)14-5-9-22(10-6-14)16(23)12-25-11-15-20-17(21-27-15)13-3-7-19-8-4-13/h3-4,7-8,14H,2,5-6,9-12H2,1H3. The van der Waals surface area contributed by atoms with Gasteiger partial charge in [-0.25, -0.2) is 0 Å². The Morgan fingerprint density at radius 3 is 2.70 bits per heavy atom. The van der Waals surface area contributed by atoms with Crippen LogP contribution >= 0.6 is 0 Å². The molecule has 1 amide bonds. The van der Waals surface area contributed by atoms with Gasteiger partial charge in [0.1, 0.15) is 13.2 Å². The van der Waals surface area contributed by atoms with Crippen LogP contribution in [0.3, 0.4) is 0 Å². The third-order valence-corrected chi connectivity index (χ3v) is 4.33. The lowest BCUT2D eigenvalue weighted by Crippen LogP contribution is -2.42. The molecular formula is C18H22N4O5. The molecule has 1 fully saturated rings. The molecule has 0 radical (unpaired) electrons. The molecule has 0 unspecified atom stereocenters. The highest BCUT2D eigenvalue weighted by Crippen LogP contribution is 2.19. The fourth-order valence-electron chi connectivity index (χ4n) is 2.87. The molecule has 1 aliphatic heterocycles. The van der Waals surface area contributed by atoms with E-state index in [1.165, 1.54) is 0 Å². The van der Waals surface area contributed by atoms with E-state index in [4.69, 9.17) is 14.0 Å². The van der Waals surface area contributed by atoms with E-state index in [1.807, 2.05) is 0 Å². The molecule has 0 atom stereocenters. The van der Waals surface area contributed by atoms with Gasteiger partial charge in [0.2, 0.25) is 11.7 Å². The van der Waals surface area contributed by atoms with E-state index in [0.717, 1.165) is 5.56 Å². The molecule has 0 spiro atoms. The lowest BCUT2D eigenvalue weighted by molar-refractivity contribution is -0.152. The second kappa shape index (κ2) is 9.22. The Morgan fingerprint density at radius 2 is 2.00 bits per heavy atom. The smallest absolute Gasteiger partial charge is 0.309 e. The number of carbonyl (C=O) groups excluding carboxylic acids is 2. The van der Waals surface area contributed by atoms with Gasteiger partial charge in [-0.05, 0) is 31.9 Å². The van der Waals surface area contributed by atoms with Gasteiger partial charge in [0.05, 0.1) is 12.5 Å². The summed E-state index contributed by atoms with van der Waals surface area (Å²) >= 11 is 0. The van der Waals surface area contributed by atoms with Crippen LogP contribution in [0.25, 0.3) is 11.4 Å². The van der Waals surface area contributed by atoms with E-state index in [-0.39, 0.29) is 31.0 Å². The van der Waals surface area contributed by atoms with Gasteiger partial charge in [-0.3, -0.25) is 14.6 Å². The summed E-state index contributed by atoms with van der Waals surface area (Å²) in [6, 6.07) is 3.55. The minimum Gasteiger partial charge on any atom is -0.466 e. The quantitative estimate of drug-likeness (QED) is 0.670. The Hall–Kier alpha value is -2.81. The average molecular weight is 374 g/mol. The molecule has 0 N–H and O–H groups in total. The molecule has 144 valence electrons. The maximum absolute atomic E-state index is 12.2. The summed E-state index contributed by atoms with van der Waals surface area (Å²) in [5, 5.41) is 3.88. The van der Waals surface area contributed by atoms with Gasteiger partial charge in [-0.15, -0.1) is 0 Å². The largest absolute Gasteiger partial charge is 0.466 e. The first-order chi connectivity index (χ1) is 13.2. The molecule has 0 saturated carbocycles. The number of pyridine rings is 1. The maximum atomic E-state index is 12.2. The van der Waals surface area contributed by atoms with Crippen LogP contribution in [0.4, 0.5) is 0 Å². The molecule has 27 heavy (non-hydrogen) atoms. The molecular weight excluding hydrogens is 352 g/mol. The molecule has 3 rings (SSSR count). The molecule has 2 aromatic rings. The average Bonchev–Trinajstić information content (AvgIpc) is 3.18. The molecule has 3 heterocycles.